The molecule has 0 atom stereocenters. The van der Waals surface area contributed by atoms with Crippen molar-refractivity contribution in [2.75, 3.05) is 12.8 Å². The van der Waals surface area contributed by atoms with Crippen LogP contribution < -0.4 is 10.5 Å². The summed E-state index contributed by atoms with van der Waals surface area (Å²) in [5, 5.41) is 0. The Balaban J connectivity index is 2.58. The number of nitrogens with two attached hydrogens (primary N) is 1. The van der Waals surface area contributed by atoms with Gasteiger partial charge in [-0.3, -0.25) is 0 Å². The molecular formula is C16H20BrN3O. The Morgan fingerprint density at radius 1 is 1.48 bits per heavy atom. The van der Waals surface area contributed by atoms with Gasteiger partial charge in [-0.1, -0.05) is 28.9 Å². The van der Waals surface area contributed by atoms with E-state index in [1.54, 1.807) is 7.11 Å². The van der Waals surface area contributed by atoms with Gasteiger partial charge in [-0.05, 0) is 24.6 Å². The maximum absolute atomic E-state index is 6.30. The number of benzene rings is 1. The second-order valence-corrected chi connectivity index (χ2v) is 5.61. The maximum Gasteiger partial charge on any atom is 0.132 e. The monoisotopic (exact) mass is 349 g/mol. The smallest absolute Gasteiger partial charge is 0.132 e. The Labute approximate surface area is 133 Å². The first kappa shape index (κ1) is 15.6. The average Bonchev–Trinajstić information content (AvgIpc) is 2.78. The summed E-state index contributed by atoms with van der Waals surface area (Å²) in [6.45, 7) is 6.58. The van der Waals surface area contributed by atoms with Crippen molar-refractivity contribution >= 4 is 21.7 Å². The van der Waals surface area contributed by atoms with Crippen LogP contribution in [0.4, 0.5) is 5.82 Å². The largest absolute Gasteiger partial charge is 0.497 e. The van der Waals surface area contributed by atoms with Gasteiger partial charge in [0.1, 0.15) is 23.1 Å². The van der Waals surface area contributed by atoms with E-state index in [1.807, 2.05) is 28.8 Å². The molecule has 0 bridgehead atoms. The first-order valence-electron chi connectivity index (χ1n) is 6.92. The van der Waals surface area contributed by atoms with Gasteiger partial charge in [0, 0.05) is 23.0 Å². The molecule has 5 heteroatoms. The normalized spacial score (nSPS) is 10.6. The molecule has 0 radical (unpaired) electrons. The first-order chi connectivity index (χ1) is 10.1. The molecule has 0 aliphatic rings. The van der Waals surface area contributed by atoms with Crippen molar-refractivity contribution in [3.63, 3.8) is 0 Å². The van der Waals surface area contributed by atoms with Crippen molar-refractivity contribution < 1.29 is 4.74 Å². The molecule has 0 aliphatic carbocycles. The van der Waals surface area contributed by atoms with Crippen LogP contribution in [-0.4, -0.2) is 16.7 Å². The molecule has 2 rings (SSSR count). The summed E-state index contributed by atoms with van der Waals surface area (Å²) >= 11 is 3.56. The molecule has 0 saturated carbocycles. The molecule has 0 unspecified atom stereocenters. The van der Waals surface area contributed by atoms with E-state index in [4.69, 9.17) is 15.5 Å². The molecule has 21 heavy (non-hydrogen) atoms. The Bertz CT molecular complexity index is 649. The van der Waals surface area contributed by atoms with Gasteiger partial charge >= 0.3 is 0 Å². The van der Waals surface area contributed by atoms with Gasteiger partial charge in [0.25, 0.3) is 0 Å². The van der Waals surface area contributed by atoms with Crippen molar-refractivity contribution in [1.82, 2.24) is 9.55 Å². The standard InChI is InChI=1S/C16H20BrN3O/c1-4-6-14-19-15(16(18)20(14)9-5-2)12-10-11(21-3)7-8-13(12)17/h5,7-8,10H,2,4,6,9,18H2,1,3H3. The molecule has 0 amide bonds. The Morgan fingerprint density at radius 3 is 2.86 bits per heavy atom. The molecular weight excluding hydrogens is 330 g/mol. The van der Waals surface area contributed by atoms with Crippen LogP contribution in [0.2, 0.25) is 0 Å². The number of hydrogen-bond donors (Lipinski definition) is 1. The number of methoxy groups -OCH3 is 1. The average molecular weight is 350 g/mol. The molecule has 0 spiro atoms. The second kappa shape index (κ2) is 6.80. The van der Waals surface area contributed by atoms with Crippen LogP contribution in [0.25, 0.3) is 11.3 Å². The van der Waals surface area contributed by atoms with E-state index in [0.29, 0.717) is 12.4 Å². The van der Waals surface area contributed by atoms with E-state index >= 15 is 0 Å². The Morgan fingerprint density at radius 2 is 2.24 bits per heavy atom. The third kappa shape index (κ3) is 3.13. The van der Waals surface area contributed by atoms with Gasteiger partial charge < -0.3 is 15.0 Å². The predicted molar refractivity (Wildman–Crippen MR) is 90.5 cm³/mol. The van der Waals surface area contributed by atoms with Crippen molar-refractivity contribution in [2.45, 2.75) is 26.3 Å². The molecule has 0 saturated heterocycles. The number of aryl methyl sites for hydroxylation is 1. The van der Waals surface area contributed by atoms with Crippen LogP contribution in [0, 0.1) is 0 Å². The second-order valence-electron chi connectivity index (χ2n) is 4.76. The van der Waals surface area contributed by atoms with Crippen LogP contribution in [0.3, 0.4) is 0 Å². The molecule has 1 aromatic carbocycles. The molecule has 1 aromatic heterocycles. The number of ether oxygens (including phenoxy) is 1. The van der Waals surface area contributed by atoms with Gasteiger partial charge in [0.2, 0.25) is 0 Å². The quantitative estimate of drug-likeness (QED) is 0.800. The molecule has 4 nitrogen and oxygen atoms in total. The summed E-state index contributed by atoms with van der Waals surface area (Å²) in [5.41, 5.74) is 8.02. The van der Waals surface area contributed by atoms with Crippen LogP contribution in [-0.2, 0) is 13.0 Å². The topological polar surface area (TPSA) is 53.1 Å². The summed E-state index contributed by atoms with van der Waals surface area (Å²) < 4.78 is 8.25. The summed E-state index contributed by atoms with van der Waals surface area (Å²) in [6.07, 6.45) is 3.74. The Hall–Kier alpha value is -1.75. The maximum atomic E-state index is 6.30. The minimum absolute atomic E-state index is 0.660. The third-order valence-corrected chi connectivity index (χ3v) is 3.99. The molecule has 0 aliphatic heterocycles. The van der Waals surface area contributed by atoms with Crippen molar-refractivity contribution in [1.29, 1.82) is 0 Å². The fraction of sp³-hybridized carbons (Fsp3) is 0.312. The van der Waals surface area contributed by atoms with Gasteiger partial charge in [0.05, 0.1) is 7.11 Å². The number of nitrogen functional groups attached to an aromatic ring is 1. The first-order valence-corrected chi connectivity index (χ1v) is 7.71. The summed E-state index contributed by atoms with van der Waals surface area (Å²) in [5.74, 6) is 2.43. The van der Waals surface area contributed by atoms with E-state index in [2.05, 4.69) is 29.4 Å². The number of anilines is 1. The fourth-order valence-corrected chi connectivity index (χ4v) is 2.71. The van der Waals surface area contributed by atoms with E-state index in [0.717, 1.165) is 40.1 Å². The van der Waals surface area contributed by atoms with Gasteiger partial charge in [0.15, 0.2) is 0 Å². The highest BCUT2D eigenvalue weighted by Gasteiger charge is 2.17. The highest BCUT2D eigenvalue weighted by Crippen LogP contribution is 2.35. The zero-order valence-electron chi connectivity index (χ0n) is 12.4. The predicted octanol–water partition coefficient (Wildman–Crippen LogP) is 4.04. The highest BCUT2D eigenvalue weighted by atomic mass is 79.9. The number of rotatable bonds is 6. The van der Waals surface area contributed by atoms with E-state index in [-0.39, 0.29) is 0 Å². The molecule has 2 N–H and O–H groups in total. The summed E-state index contributed by atoms with van der Waals surface area (Å²) in [4.78, 5) is 4.73. The van der Waals surface area contributed by atoms with Crippen molar-refractivity contribution in [2.24, 2.45) is 0 Å². The number of aromatic nitrogens is 2. The summed E-state index contributed by atoms with van der Waals surface area (Å²) in [7, 11) is 1.65. The number of nitrogens with zero attached hydrogens (tertiary/aromatic N) is 2. The lowest BCUT2D eigenvalue weighted by Crippen LogP contribution is -2.05. The summed E-state index contributed by atoms with van der Waals surface area (Å²) in [6, 6.07) is 5.79. The minimum atomic E-state index is 0.660. The fourth-order valence-electron chi connectivity index (χ4n) is 2.27. The number of imidazole rings is 1. The number of halogens is 1. The van der Waals surface area contributed by atoms with Crippen LogP contribution in [0.5, 0.6) is 5.75 Å². The van der Waals surface area contributed by atoms with Crippen molar-refractivity contribution in [3.8, 4) is 17.0 Å². The lowest BCUT2D eigenvalue weighted by molar-refractivity contribution is 0.415. The Kier molecular flexibility index (Phi) is 5.07. The molecule has 0 fully saturated rings. The SMILES string of the molecule is C=CCn1c(CCC)nc(-c2cc(OC)ccc2Br)c1N. The van der Waals surface area contributed by atoms with Gasteiger partial charge in [-0.2, -0.15) is 0 Å². The van der Waals surface area contributed by atoms with E-state index in [9.17, 15) is 0 Å². The van der Waals surface area contributed by atoms with Crippen LogP contribution in [0.1, 0.15) is 19.2 Å². The van der Waals surface area contributed by atoms with Crippen molar-refractivity contribution in [3.05, 3.63) is 41.2 Å². The van der Waals surface area contributed by atoms with Gasteiger partial charge in [-0.25, -0.2) is 4.98 Å². The van der Waals surface area contributed by atoms with Crippen LogP contribution >= 0.6 is 15.9 Å². The number of allylic oxidation sites excluding steroid dienone is 1. The lowest BCUT2D eigenvalue weighted by Gasteiger charge is -2.07. The minimum Gasteiger partial charge on any atom is -0.497 e. The van der Waals surface area contributed by atoms with Crippen LogP contribution in [0.15, 0.2) is 35.3 Å². The molecule has 112 valence electrons. The van der Waals surface area contributed by atoms with E-state index < -0.39 is 0 Å². The highest BCUT2D eigenvalue weighted by molar-refractivity contribution is 9.10. The lowest BCUT2D eigenvalue weighted by atomic mass is 10.1. The molecule has 1 heterocycles. The number of hydrogen-bond acceptors (Lipinski definition) is 3. The third-order valence-electron chi connectivity index (χ3n) is 3.30. The zero-order valence-corrected chi connectivity index (χ0v) is 14.0. The van der Waals surface area contributed by atoms with Gasteiger partial charge in [-0.15, -0.1) is 6.58 Å². The zero-order chi connectivity index (χ0) is 15.4. The van der Waals surface area contributed by atoms with E-state index in [1.165, 1.54) is 0 Å². The molecule has 2 aromatic rings.